The summed E-state index contributed by atoms with van der Waals surface area (Å²) >= 11 is 0. The van der Waals surface area contributed by atoms with E-state index in [1.54, 1.807) is 21.0 Å². The van der Waals surface area contributed by atoms with Gasteiger partial charge in [-0.15, -0.1) is 0 Å². The molecule has 2 rings (SSSR count). The second kappa shape index (κ2) is 7.39. The smallest absolute Gasteiger partial charge is 0.164 e. The maximum Gasteiger partial charge on any atom is 0.164 e. The Kier molecular flexibility index (Phi) is 5.77. The van der Waals surface area contributed by atoms with Crippen LogP contribution in [0.25, 0.3) is 0 Å². The van der Waals surface area contributed by atoms with Crippen molar-refractivity contribution in [2.75, 3.05) is 20.3 Å². The first-order chi connectivity index (χ1) is 10.4. The van der Waals surface area contributed by atoms with Crippen molar-refractivity contribution in [3.8, 4) is 5.75 Å². The van der Waals surface area contributed by atoms with Crippen molar-refractivity contribution in [2.24, 2.45) is 0 Å². The van der Waals surface area contributed by atoms with E-state index in [1.807, 2.05) is 24.3 Å². The number of rotatable bonds is 7. The van der Waals surface area contributed by atoms with Crippen molar-refractivity contribution in [2.45, 2.75) is 44.6 Å². The molecule has 0 radical (unpaired) electrons. The molecule has 1 saturated heterocycles. The zero-order valence-corrected chi connectivity index (χ0v) is 13.2. The lowest BCUT2D eigenvalue weighted by Gasteiger charge is -2.20. The summed E-state index contributed by atoms with van der Waals surface area (Å²) < 4.78 is 22.1. The third kappa shape index (κ3) is 4.41. The highest BCUT2D eigenvalue weighted by molar-refractivity contribution is 5.26. The van der Waals surface area contributed by atoms with Crippen molar-refractivity contribution in [1.82, 2.24) is 0 Å². The van der Waals surface area contributed by atoms with Crippen LogP contribution in [0.15, 0.2) is 24.3 Å². The van der Waals surface area contributed by atoms with E-state index in [1.165, 1.54) is 0 Å². The van der Waals surface area contributed by atoms with E-state index in [0.717, 1.165) is 11.3 Å². The third-order valence-electron chi connectivity index (χ3n) is 3.50. The van der Waals surface area contributed by atoms with Crippen molar-refractivity contribution in [3.63, 3.8) is 0 Å². The molecule has 124 valence electrons. The minimum atomic E-state index is -0.989. The molecule has 3 atom stereocenters. The Morgan fingerprint density at radius 1 is 1.23 bits per heavy atom. The molecule has 0 spiro atoms. The fourth-order valence-corrected chi connectivity index (χ4v) is 2.44. The average molecular weight is 312 g/mol. The van der Waals surface area contributed by atoms with Crippen LogP contribution < -0.4 is 4.74 Å². The predicted molar refractivity (Wildman–Crippen MR) is 79.6 cm³/mol. The Balaban J connectivity index is 1.86. The summed E-state index contributed by atoms with van der Waals surface area (Å²) in [4.78, 5) is 0. The van der Waals surface area contributed by atoms with Gasteiger partial charge in [0.15, 0.2) is 5.79 Å². The highest BCUT2D eigenvalue weighted by Gasteiger charge is 2.44. The fourth-order valence-electron chi connectivity index (χ4n) is 2.44. The zero-order valence-electron chi connectivity index (χ0n) is 13.2. The minimum absolute atomic E-state index is 0.275. The van der Waals surface area contributed by atoms with Crippen molar-refractivity contribution in [1.29, 1.82) is 0 Å². The Bertz CT molecular complexity index is 458. The van der Waals surface area contributed by atoms with Gasteiger partial charge in [-0.05, 0) is 31.5 Å². The van der Waals surface area contributed by atoms with E-state index in [9.17, 15) is 5.11 Å². The number of hydrogen-bond acceptors (Lipinski definition) is 6. The van der Waals surface area contributed by atoms with E-state index in [-0.39, 0.29) is 13.2 Å². The summed E-state index contributed by atoms with van der Waals surface area (Å²) in [5, 5.41) is 18.9. The summed E-state index contributed by atoms with van der Waals surface area (Å²) in [6, 6.07) is 7.59. The Labute approximate surface area is 130 Å². The highest BCUT2D eigenvalue weighted by atomic mass is 16.8. The van der Waals surface area contributed by atoms with E-state index in [2.05, 4.69) is 0 Å². The van der Waals surface area contributed by atoms with Gasteiger partial charge in [0.05, 0.1) is 26.9 Å². The van der Waals surface area contributed by atoms with Crippen LogP contribution in [0.3, 0.4) is 0 Å². The number of ether oxygens (including phenoxy) is 4. The van der Waals surface area contributed by atoms with E-state index < -0.39 is 24.1 Å². The van der Waals surface area contributed by atoms with Gasteiger partial charge in [-0.2, -0.15) is 0 Å². The number of methoxy groups -OCH3 is 1. The molecule has 22 heavy (non-hydrogen) atoms. The molecular formula is C16H24O6. The maximum absolute atomic E-state index is 9.81. The average Bonchev–Trinajstić information content (AvgIpc) is 2.82. The van der Waals surface area contributed by atoms with Crippen LogP contribution in [0.4, 0.5) is 0 Å². The second-order valence-electron chi connectivity index (χ2n) is 5.75. The second-order valence-corrected chi connectivity index (χ2v) is 5.75. The topological polar surface area (TPSA) is 77.4 Å². The summed E-state index contributed by atoms with van der Waals surface area (Å²) in [7, 11) is 1.62. The first kappa shape index (κ1) is 17.2. The van der Waals surface area contributed by atoms with E-state index in [0.29, 0.717) is 6.61 Å². The van der Waals surface area contributed by atoms with Crippen LogP contribution in [0.2, 0.25) is 0 Å². The van der Waals surface area contributed by atoms with Crippen LogP contribution >= 0.6 is 0 Å². The maximum atomic E-state index is 9.81. The molecule has 0 amide bonds. The molecule has 6 heteroatoms. The zero-order chi connectivity index (χ0) is 16.2. The summed E-state index contributed by atoms with van der Waals surface area (Å²) in [6.07, 6.45) is -2.01. The van der Waals surface area contributed by atoms with Gasteiger partial charge in [-0.1, -0.05) is 12.1 Å². The lowest BCUT2D eigenvalue weighted by molar-refractivity contribution is -0.159. The van der Waals surface area contributed by atoms with Crippen molar-refractivity contribution in [3.05, 3.63) is 29.8 Å². The van der Waals surface area contributed by atoms with Crippen LogP contribution in [0, 0.1) is 0 Å². The number of aliphatic hydroxyl groups is 2. The first-order valence-electron chi connectivity index (χ1n) is 7.30. The predicted octanol–water partition coefficient (Wildman–Crippen LogP) is 1.09. The van der Waals surface area contributed by atoms with Crippen LogP contribution in [0.5, 0.6) is 5.75 Å². The normalized spacial score (nSPS) is 25.1. The third-order valence-corrected chi connectivity index (χ3v) is 3.50. The Hall–Kier alpha value is -1.18. The molecule has 0 aromatic heterocycles. The Morgan fingerprint density at radius 2 is 1.91 bits per heavy atom. The Morgan fingerprint density at radius 3 is 2.50 bits per heavy atom. The van der Waals surface area contributed by atoms with Crippen LogP contribution in [0.1, 0.15) is 19.4 Å². The summed E-state index contributed by atoms with van der Waals surface area (Å²) in [5.41, 5.74) is 1.01. The SMILES string of the molecule is COc1ccc(COC[C@H]2OC(C)(C)O[C@@H]2[C@H](O)CO)cc1. The van der Waals surface area contributed by atoms with Gasteiger partial charge in [-0.25, -0.2) is 0 Å². The quantitative estimate of drug-likeness (QED) is 0.785. The van der Waals surface area contributed by atoms with Gasteiger partial charge in [0.2, 0.25) is 0 Å². The molecule has 1 aliphatic heterocycles. The molecule has 1 aliphatic rings. The summed E-state index contributed by atoms with van der Waals surface area (Å²) in [6.45, 7) is 3.86. The highest BCUT2D eigenvalue weighted by Crippen LogP contribution is 2.30. The molecule has 1 fully saturated rings. The molecular weight excluding hydrogens is 288 g/mol. The van der Waals surface area contributed by atoms with Gasteiger partial charge in [0.1, 0.15) is 24.1 Å². The van der Waals surface area contributed by atoms with Crippen LogP contribution in [-0.4, -0.2) is 54.6 Å². The monoisotopic (exact) mass is 312 g/mol. The standard InChI is InChI=1S/C16H24O6/c1-16(2)21-14(15(22-16)13(18)8-17)10-20-9-11-4-6-12(19-3)7-5-11/h4-7,13-15,17-18H,8-10H2,1-3H3/t13-,14-,15-/m1/s1. The number of hydrogen-bond donors (Lipinski definition) is 2. The van der Waals surface area contributed by atoms with Crippen molar-refractivity contribution >= 4 is 0 Å². The van der Waals surface area contributed by atoms with Gasteiger partial charge in [0, 0.05) is 0 Å². The lowest BCUT2D eigenvalue weighted by atomic mass is 10.1. The number of benzene rings is 1. The van der Waals surface area contributed by atoms with Crippen molar-refractivity contribution < 1.29 is 29.2 Å². The van der Waals surface area contributed by atoms with Gasteiger partial charge in [0.25, 0.3) is 0 Å². The lowest BCUT2D eigenvalue weighted by Crippen LogP contribution is -2.39. The molecule has 0 unspecified atom stereocenters. The molecule has 2 N–H and O–H groups in total. The molecule has 0 bridgehead atoms. The molecule has 0 saturated carbocycles. The summed E-state index contributed by atoms with van der Waals surface area (Å²) in [5.74, 6) is -0.00115. The number of aliphatic hydroxyl groups excluding tert-OH is 2. The fraction of sp³-hybridized carbons (Fsp3) is 0.625. The molecule has 1 aromatic rings. The molecule has 6 nitrogen and oxygen atoms in total. The van der Waals surface area contributed by atoms with Crippen LogP contribution in [-0.2, 0) is 20.8 Å². The minimum Gasteiger partial charge on any atom is -0.497 e. The van der Waals surface area contributed by atoms with E-state index >= 15 is 0 Å². The largest absolute Gasteiger partial charge is 0.497 e. The molecule has 1 heterocycles. The molecule has 0 aliphatic carbocycles. The van der Waals surface area contributed by atoms with Gasteiger partial charge < -0.3 is 29.2 Å². The first-order valence-corrected chi connectivity index (χ1v) is 7.30. The van der Waals surface area contributed by atoms with Gasteiger partial charge in [-0.3, -0.25) is 0 Å². The molecule has 1 aromatic carbocycles. The van der Waals surface area contributed by atoms with E-state index in [4.69, 9.17) is 24.1 Å². The van der Waals surface area contributed by atoms with Gasteiger partial charge >= 0.3 is 0 Å².